The van der Waals surface area contributed by atoms with E-state index in [-0.39, 0.29) is 5.41 Å². The number of aromatic nitrogens is 1. The van der Waals surface area contributed by atoms with Crippen LogP contribution in [0.1, 0.15) is 33.6 Å². The molecule has 0 radical (unpaired) electrons. The van der Waals surface area contributed by atoms with Gasteiger partial charge >= 0.3 is 0 Å². The van der Waals surface area contributed by atoms with Crippen LogP contribution in [0.3, 0.4) is 0 Å². The van der Waals surface area contributed by atoms with Gasteiger partial charge in [0.1, 0.15) is 5.82 Å². The molecule has 1 aliphatic carbocycles. The van der Waals surface area contributed by atoms with E-state index < -0.39 is 0 Å². The first-order valence-corrected chi connectivity index (χ1v) is 6.40. The molecule has 0 aromatic carbocycles. The minimum Gasteiger partial charge on any atom is -0.373 e. The number of anilines is 1. The van der Waals surface area contributed by atoms with E-state index in [9.17, 15) is 0 Å². The second kappa shape index (κ2) is 4.52. The normalized spacial score (nSPS) is 22.6. The Labute approximate surface area is 103 Å². The number of nitrogens with one attached hydrogen (secondary N) is 1. The smallest absolute Gasteiger partial charge is 0.133 e. The van der Waals surface area contributed by atoms with E-state index in [0.29, 0.717) is 0 Å². The van der Waals surface area contributed by atoms with E-state index in [4.69, 9.17) is 0 Å². The van der Waals surface area contributed by atoms with Crippen molar-refractivity contribution in [3.8, 4) is 0 Å². The maximum Gasteiger partial charge on any atom is 0.133 e. The Hall–Kier alpha value is -1.31. The predicted molar refractivity (Wildman–Crippen MR) is 74.1 cm³/mol. The minimum atomic E-state index is 0.274. The molecule has 0 saturated heterocycles. The molecule has 1 N–H and O–H groups in total. The SMILES string of the molecule is CNc1nccc2c1=CC(C)(CC(C)C)CC=2. The molecule has 2 rings (SSSR count). The largest absolute Gasteiger partial charge is 0.373 e. The van der Waals surface area contributed by atoms with Crippen LogP contribution in [0.25, 0.3) is 12.2 Å². The minimum absolute atomic E-state index is 0.274. The number of pyridine rings is 1. The Bertz CT molecular complexity index is 516. The summed E-state index contributed by atoms with van der Waals surface area (Å²) in [7, 11) is 1.94. The van der Waals surface area contributed by atoms with E-state index in [1.54, 1.807) is 0 Å². The zero-order valence-corrected chi connectivity index (χ0v) is 11.2. The van der Waals surface area contributed by atoms with Crippen LogP contribution >= 0.6 is 0 Å². The van der Waals surface area contributed by atoms with Crippen molar-refractivity contribution >= 4 is 18.0 Å². The number of fused-ring (bicyclic) bond motifs is 1. The van der Waals surface area contributed by atoms with E-state index in [1.165, 1.54) is 16.9 Å². The van der Waals surface area contributed by atoms with Gasteiger partial charge in [-0.25, -0.2) is 4.98 Å². The second-order valence-electron chi connectivity index (χ2n) is 5.72. The number of nitrogens with zero attached hydrogens (tertiary/aromatic N) is 1. The van der Waals surface area contributed by atoms with Gasteiger partial charge in [-0.05, 0) is 35.5 Å². The molecule has 0 saturated carbocycles. The highest BCUT2D eigenvalue weighted by Crippen LogP contribution is 2.33. The van der Waals surface area contributed by atoms with Crippen LogP contribution in [0.2, 0.25) is 0 Å². The van der Waals surface area contributed by atoms with Crippen LogP contribution < -0.4 is 15.8 Å². The van der Waals surface area contributed by atoms with Gasteiger partial charge in [0, 0.05) is 18.5 Å². The molecular weight excluding hydrogens is 208 g/mol. The first-order valence-electron chi connectivity index (χ1n) is 6.40. The molecule has 2 nitrogen and oxygen atoms in total. The molecule has 0 bridgehead atoms. The van der Waals surface area contributed by atoms with Gasteiger partial charge in [0.15, 0.2) is 0 Å². The van der Waals surface area contributed by atoms with Crippen LogP contribution in [0, 0.1) is 11.3 Å². The monoisotopic (exact) mass is 230 g/mol. The topological polar surface area (TPSA) is 24.9 Å². The van der Waals surface area contributed by atoms with Gasteiger partial charge in [-0.3, -0.25) is 0 Å². The van der Waals surface area contributed by atoms with Gasteiger partial charge in [0.2, 0.25) is 0 Å². The summed E-state index contributed by atoms with van der Waals surface area (Å²) in [5.41, 5.74) is 0.274. The van der Waals surface area contributed by atoms with E-state index in [1.807, 2.05) is 13.2 Å². The third kappa shape index (κ3) is 2.51. The summed E-state index contributed by atoms with van der Waals surface area (Å²) < 4.78 is 0. The molecule has 1 aromatic heterocycles. The third-order valence-corrected chi connectivity index (χ3v) is 3.42. The summed E-state index contributed by atoms with van der Waals surface area (Å²) in [5.74, 6) is 1.72. The fraction of sp³-hybridized carbons (Fsp3) is 0.533. The fourth-order valence-electron chi connectivity index (χ4n) is 2.84. The van der Waals surface area contributed by atoms with Gasteiger partial charge in [-0.2, -0.15) is 0 Å². The molecule has 0 amide bonds. The van der Waals surface area contributed by atoms with Crippen LogP contribution in [-0.2, 0) is 0 Å². The third-order valence-electron chi connectivity index (χ3n) is 3.42. The van der Waals surface area contributed by atoms with Crippen molar-refractivity contribution in [3.63, 3.8) is 0 Å². The average Bonchev–Trinajstić information content (AvgIpc) is 2.26. The lowest BCUT2D eigenvalue weighted by molar-refractivity contribution is 0.364. The van der Waals surface area contributed by atoms with Crippen molar-refractivity contribution in [1.82, 2.24) is 4.98 Å². The van der Waals surface area contributed by atoms with E-state index in [0.717, 1.165) is 18.2 Å². The summed E-state index contributed by atoms with van der Waals surface area (Å²) >= 11 is 0. The molecule has 92 valence electrons. The quantitative estimate of drug-likeness (QED) is 0.860. The van der Waals surface area contributed by atoms with Gasteiger partial charge in [-0.1, -0.05) is 32.9 Å². The van der Waals surface area contributed by atoms with E-state index >= 15 is 0 Å². The maximum atomic E-state index is 4.39. The van der Waals surface area contributed by atoms with Crippen molar-refractivity contribution in [2.45, 2.75) is 33.6 Å². The van der Waals surface area contributed by atoms with Crippen molar-refractivity contribution in [3.05, 3.63) is 22.7 Å². The Morgan fingerprint density at radius 3 is 2.88 bits per heavy atom. The number of rotatable bonds is 3. The summed E-state index contributed by atoms with van der Waals surface area (Å²) in [6.45, 7) is 6.92. The summed E-state index contributed by atoms with van der Waals surface area (Å²) in [5, 5.41) is 5.76. The van der Waals surface area contributed by atoms with Crippen molar-refractivity contribution in [2.24, 2.45) is 11.3 Å². The number of hydrogen-bond donors (Lipinski definition) is 1. The summed E-state index contributed by atoms with van der Waals surface area (Å²) in [6.07, 6.45) is 8.98. The Kier molecular flexibility index (Phi) is 3.23. The molecule has 17 heavy (non-hydrogen) atoms. The molecule has 1 aromatic rings. The molecule has 1 aliphatic rings. The summed E-state index contributed by atoms with van der Waals surface area (Å²) in [4.78, 5) is 4.39. The van der Waals surface area contributed by atoms with Crippen molar-refractivity contribution in [1.29, 1.82) is 0 Å². The van der Waals surface area contributed by atoms with Gasteiger partial charge in [0.05, 0.1) is 0 Å². The molecule has 0 fully saturated rings. The van der Waals surface area contributed by atoms with Crippen LogP contribution in [0.4, 0.5) is 5.82 Å². The van der Waals surface area contributed by atoms with Crippen molar-refractivity contribution in [2.75, 3.05) is 12.4 Å². The Morgan fingerprint density at radius 2 is 2.24 bits per heavy atom. The molecule has 1 unspecified atom stereocenters. The maximum absolute atomic E-state index is 4.39. The highest BCUT2D eigenvalue weighted by Gasteiger charge is 2.23. The lowest BCUT2D eigenvalue weighted by atomic mass is 9.76. The Balaban J connectivity index is 2.52. The zero-order valence-electron chi connectivity index (χ0n) is 11.2. The predicted octanol–water partition coefficient (Wildman–Crippen LogP) is 2.14. The zero-order chi connectivity index (χ0) is 12.5. The van der Waals surface area contributed by atoms with Crippen molar-refractivity contribution < 1.29 is 0 Å². The molecule has 1 atom stereocenters. The molecule has 0 aliphatic heterocycles. The molecular formula is C15H22N2. The highest BCUT2D eigenvalue weighted by atomic mass is 14.9. The average molecular weight is 230 g/mol. The lowest BCUT2D eigenvalue weighted by Gasteiger charge is -2.29. The first kappa shape index (κ1) is 12.2. The molecule has 2 heteroatoms. The molecule has 0 spiro atoms. The van der Waals surface area contributed by atoms with Crippen LogP contribution in [-0.4, -0.2) is 12.0 Å². The fourth-order valence-corrected chi connectivity index (χ4v) is 2.84. The standard InChI is InChI=1S/C15H22N2/c1-11(2)9-15(3)7-5-12-6-8-17-14(16-4)13(12)10-15/h5-6,8,10-11H,7,9H2,1-4H3,(H,16,17). The highest BCUT2D eigenvalue weighted by molar-refractivity contribution is 5.52. The van der Waals surface area contributed by atoms with Crippen LogP contribution in [0.5, 0.6) is 0 Å². The Morgan fingerprint density at radius 1 is 1.47 bits per heavy atom. The summed E-state index contributed by atoms with van der Waals surface area (Å²) in [6, 6.07) is 2.10. The van der Waals surface area contributed by atoms with Gasteiger partial charge in [-0.15, -0.1) is 0 Å². The molecule has 1 heterocycles. The van der Waals surface area contributed by atoms with E-state index in [2.05, 4.69) is 49.3 Å². The lowest BCUT2D eigenvalue weighted by Crippen LogP contribution is -2.35. The van der Waals surface area contributed by atoms with Gasteiger partial charge < -0.3 is 5.32 Å². The first-order chi connectivity index (χ1) is 8.04. The van der Waals surface area contributed by atoms with Gasteiger partial charge in [0.25, 0.3) is 0 Å². The second-order valence-corrected chi connectivity index (χ2v) is 5.72. The number of hydrogen-bond acceptors (Lipinski definition) is 2. The van der Waals surface area contributed by atoms with Crippen LogP contribution in [0.15, 0.2) is 12.3 Å².